The lowest BCUT2D eigenvalue weighted by Gasteiger charge is -2.09. The zero-order chi connectivity index (χ0) is 13.0. The molecule has 5 heteroatoms. The molecule has 0 unspecified atom stereocenters. The fourth-order valence-corrected chi connectivity index (χ4v) is 1.74. The van der Waals surface area contributed by atoms with E-state index in [2.05, 4.69) is 5.32 Å². The van der Waals surface area contributed by atoms with Crippen LogP contribution >= 0.6 is 23.2 Å². The SMILES string of the molecule is CC(C)C(=O)CNC(=O)c1c(Cl)cccc1Cl. The molecule has 0 fully saturated rings. The molecular weight excluding hydrogens is 261 g/mol. The number of rotatable bonds is 4. The van der Waals surface area contributed by atoms with E-state index in [9.17, 15) is 9.59 Å². The van der Waals surface area contributed by atoms with Crippen molar-refractivity contribution in [3.63, 3.8) is 0 Å². The molecule has 0 aliphatic heterocycles. The first-order valence-electron chi connectivity index (χ1n) is 5.18. The minimum absolute atomic E-state index is 0.0158. The molecule has 3 nitrogen and oxygen atoms in total. The van der Waals surface area contributed by atoms with Crippen LogP contribution in [0.1, 0.15) is 24.2 Å². The van der Waals surface area contributed by atoms with Crippen LogP contribution in [-0.4, -0.2) is 18.2 Å². The Kier molecular flexibility index (Phi) is 4.97. The Morgan fingerprint density at radius 3 is 2.24 bits per heavy atom. The topological polar surface area (TPSA) is 46.2 Å². The Labute approximate surface area is 110 Å². The highest BCUT2D eigenvalue weighted by Gasteiger charge is 2.15. The number of nitrogens with one attached hydrogen (secondary N) is 1. The lowest BCUT2D eigenvalue weighted by atomic mass is 10.1. The summed E-state index contributed by atoms with van der Waals surface area (Å²) in [6, 6.07) is 4.81. The lowest BCUT2D eigenvalue weighted by molar-refractivity contribution is -0.120. The van der Waals surface area contributed by atoms with Crippen LogP contribution in [0.5, 0.6) is 0 Å². The molecule has 17 heavy (non-hydrogen) atoms. The van der Waals surface area contributed by atoms with E-state index in [1.54, 1.807) is 32.0 Å². The zero-order valence-corrected chi connectivity index (χ0v) is 11.1. The summed E-state index contributed by atoms with van der Waals surface area (Å²) in [7, 11) is 0. The Hall–Kier alpha value is -1.06. The summed E-state index contributed by atoms with van der Waals surface area (Å²) >= 11 is 11.7. The maximum absolute atomic E-state index is 11.8. The normalized spacial score (nSPS) is 10.4. The average molecular weight is 274 g/mol. The van der Waals surface area contributed by atoms with Crippen molar-refractivity contribution in [3.8, 4) is 0 Å². The van der Waals surface area contributed by atoms with Crippen LogP contribution in [0.15, 0.2) is 18.2 Å². The first kappa shape index (κ1) is 14.0. The van der Waals surface area contributed by atoms with Gasteiger partial charge in [-0.2, -0.15) is 0 Å². The van der Waals surface area contributed by atoms with Crippen LogP contribution in [0.2, 0.25) is 10.0 Å². The summed E-state index contributed by atoms with van der Waals surface area (Å²) in [5, 5.41) is 3.05. The third-order valence-electron chi connectivity index (χ3n) is 2.26. The first-order valence-corrected chi connectivity index (χ1v) is 5.94. The molecule has 1 aromatic carbocycles. The fourth-order valence-electron chi connectivity index (χ4n) is 1.17. The van der Waals surface area contributed by atoms with Gasteiger partial charge in [0.1, 0.15) is 0 Å². The quantitative estimate of drug-likeness (QED) is 0.917. The number of carbonyl (C=O) groups excluding carboxylic acids is 2. The molecule has 0 heterocycles. The average Bonchev–Trinajstić information content (AvgIpc) is 2.25. The van der Waals surface area contributed by atoms with Gasteiger partial charge in [0.2, 0.25) is 0 Å². The summed E-state index contributed by atoms with van der Waals surface area (Å²) in [4.78, 5) is 23.1. The molecular formula is C12H13Cl2NO2. The minimum atomic E-state index is -0.436. The van der Waals surface area contributed by atoms with Gasteiger partial charge >= 0.3 is 0 Å². The van der Waals surface area contributed by atoms with Crippen LogP contribution in [0.3, 0.4) is 0 Å². The van der Waals surface area contributed by atoms with Crippen molar-refractivity contribution in [2.45, 2.75) is 13.8 Å². The van der Waals surface area contributed by atoms with E-state index in [1.807, 2.05) is 0 Å². The van der Waals surface area contributed by atoms with Crippen LogP contribution in [0.25, 0.3) is 0 Å². The third kappa shape index (κ3) is 3.72. The molecule has 1 rings (SSSR count). The highest BCUT2D eigenvalue weighted by atomic mass is 35.5. The van der Waals surface area contributed by atoms with Crippen molar-refractivity contribution in [3.05, 3.63) is 33.8 Å². The van der Waals surface area contributed by atoms with E-state index < -0.39 is 5.91 Å². The summed E-state index contributed by atoms with van der Waals surface area (Å²) in [5.74, 6) is -0.590. The van der Waals surface area contributed by atoms with Crippen LogP contribution in [-0.2, 0) is 4.79 Å². The third-order valence-corrected chi connectivity index (χ3v) is 2.89. The molecule has 1 aromatic rings. The Morgan fingerprint density at radius 2 is 1.76 bits per heavy atom. The van der Waals surface area contributed by atoms with E-state index in [0.29, 0.717) is 0 Å². The van der Waals surface area contributed by atoms with Gasteiger partial charge in [-0.1, -0.05) is 43.1 Å². The van der Waals surface area contributed by atoms with Gasteiger partial charge in [-0.05, 0) is 12.1 Å². The molecule has 0 spiro atoms. The molecule has 0 radical (unpaired) electrons. The second-order valence-electron chi connectivity index (χ2n) is 3.90. The maximum atomic E-state index is 11.8. The van der Waals surface area contributed by atoms with E-state index >= 15 is 0 Å². The second kappa shape index (κ2) is 6.03. The van der Waals surface area contributed by atoms with Crippen molar-refractivity contribution < 1.29 is 9.59 Å². The van der Waals surface area contributed by atoms with Crippen LogP contribution < -0.4 is 5.32 Å². The fraction of sp³-hybridized carbons (Fsp3) is 0.333. The summed E-state index contributed by atoms with van der Waals surface area (Å²) in [6.45, 7) is 3.53. The number of halogens is 2. The number of carbonyl (C=O) groups is 2. The van der Waals surface area contributed by atoms with Gasteiger partial charge in [0, 0.05) is 5.92 Å². The van der Waals surface area contributed by atoms with Gasteiger partial charge in [-0.3, -0.25) is 9.59 Å². The lowest BCUT2D eigenvalue weighted by Crippen LogP contribution is -2.31. The van der Waals surface area contributed by atoms with Crippen molar-refractivity contribution in [2.75, 3.05) is 6.54 Å². The molecule has 0 atom stereocenters. The van der Waals surface area contributed by atoms with Crippen molar-refractivity contribution in [2.24, 2.45) is 5.92 Å². The van der Waals surface area contributed by atoms with Gasteiger partial charge < -0.3 is 5.32 Å². The molecule has 1 amide bonds. The van der Waals surface area contributed by atoms with Gasteiger partial charge in [-0.15, -0.1) is 0 Å². The Morgan fingerprint density at radius 1 is 1.24 bits per heavy atom. The van der Waals surface area contributed by atoms with Gasteiger partial charge in [0.25, 0.3) is 5.91 Å². The smallest absolute Gasteiger partial charge is 0.254 e. The molecule has 0 aliphatic rings. The number of hydrogen-bond acceptors (Lipinski definition) is 2. The Balaban J connectivity index is 2.74. The van der Waals surface area contributed by atoms with Gasteiger partial charge in [0.05, 0.1) is 22.2 Å². The first-order chi connectivity index (χ1) is 7.93. The number of hydrogen-bond donors (Lipinski definition) is 1. The van der Waals surface area contributed by atoms with Crippen molar-refractivity contribution in [1.82, 2.24) is 5.32 Å². The number of benzene rings is 1. The Bertz CT molecular complexity index is 424. The second-order valence-corrected chi connectivity index (χ2v) is 4.71. The monoisotopic (exact) mass is 273 g/mol. The highest BCUT2D eigenvalue weighted by molar-refractivity contribution is 6.39. The number of ketones is 1. The maximum Gasteiger partial charge on any atom is 0.254 e. The van der Waals surface area contributed by atoms with Crippen LogP contribution in [0.4, 0.5) is 0 Å². The van der Waals surface area contributed by atoms with E-state index in [0.717, 1.165) is 0 Å². The summed E-state index contributed by atoms with van der Waals surface area (Å²) < 4.78 is 0. The largest absolute Gasteiger partial charge is 0.345 e. The standard InChI is InChI=1S/C12H13Cl2NO2/c1-7(2)10(16)6-15-12(17)11-8(13)4-3-5-9(11)14/h3-5,7H,6H2,1-2H3,(H,15,17). The summed E-state index contributed by atoms with van der Waals surface area (Å²) in [6.07, 6.45) is 0. The predicted molar refractivity (Wildman–Crippen MR) is 68.6 cm³/mol. The van der Waals surface area contributed by atoms with E-state index in [-0.39, 0.29) is 33.9 Å². The zero-order valence-electron chi connectivity index (χ0n) is 9.59. The summed E-state index contributed by atoms with van der Waals surface area (Å²) in [5.41, 5.74) is 0.201. The molecule has 1 N–H and O–H groups in total. The molecule has 0 saturated heterocycles. The van der Waals surface area contributed by atoms with E-state index in [4.69, 9.17) is 23.2 Å². The van der Waals surface area contributed by atoms with Crippen molar-refractivity contribution >= 4 is 34.9 Å². The molecule has 92 valence electrons. The molecule has 0 bridgehead atoms. The van der Waals surface area contributed by atoms with Gasteiger partial charge in [0.15, 0.2) is 5.78 Å². The molecule has 0 aromatic heterocycles. The number of Topliss-reactive ketones (excluding diaryl/α,β-unsaturated/α-hetero) is 1. The minimum Gasteiger partial charge on any atom is -0.345 e. The molecule has 0 aliphatic carbocycles. The van der Waals surface area contributed by atoms with E-state index in [1.165, 1.54) is 0 Å². The highest BCUT2D eigenvalue weighted by Crippen LogP contribution is 2.23. The van der Waals surface area contributed by atoms with Crippen LogP contribution in [0, 0.1) is 5.92 Å². The van der Waals surface area contributed by atoms with Gasteiger partial charge in [-0.25, -0.2) is 0 Å². The molecule has 0 saturated carbocycles. The predicted octanol–water partition coefficient (Wildman–Crippen LogP) is 2.95. The van der Waals surface area contributed by atoms with Crippen molar-refractivity contribution in [1.29, 1.82) is 0 Å². The number of amides is 1.